The first-order chi connectivity index (χ1) is 9.90. The van der Waals surface area contributed by atoms with Crippen LogP contribution in [-0.2, 0) is 6.54 Å². The Kier molecular flexibility index (Phi) is 3.17. The molecule has 1 N–H and O–H groups in total. The number of likely N-dealkylation sites (tertiary alicyclic amines) is 1. The van der Waals surface area contributed by atoms with E-state index in [1.165, 1.54) is 43.4 Å². The van der Waals surface area contributed by atoms with E-state index in [2.05, 4.69) is 45.5 Å². The van der Waals surface area contributed by atoms with Crippen LogP contribution in [0.25, 0.3) is 10.9 Å². The van der Waals surface area contributed by atoms with Gasteiger partial charge in [-0.3, -0.25) is 9.88 Å². The Morgan fingerprint density at radius 2 is 2.15 bits per heavy atom. The smallest absolute Gasteiger partial charge is 0.0705 e. The highest BCUT2D eigenvalue weighted by atomic mass is 15.2. The Labute approximate surface area is 120 Å². The molecule has 3 nitrogen and oxygen atoms in total. The highest BCUT2D eigenvalue weighted by Gasteiger charge is 2.33. The standard InChI is InChI=1S/C17H21N3/c1-2-6-16-15(5-1)13(7-9-19-16)10-20-11-14-4-3-8-18-17(14)12-20/h1-2,5-7,9,14,17-18H,3-4,8,10-12H2/t14-,17+/m0/s1. The van der Waals surface area contributed by atoms with Crippen molar-refractivity contribution < 1.29 is 0 Å². The molecule has 2 saturated heterocycles. The maximum Gasteiger partial charge on any atom is 0.0705 e. The van der Waals surface area contributed by atoms with Crippen LogP contribution in [0.15, 0.2) is 36.5 Å². The van der Waals surface area contributed by atoms with E-state index in [1.54, 1.807) is 0 Å². The van der Waals surface area contributed by atoms with Gasteiger partial charge in [0.25, 0.3) is 0 Å². The Bertz CT molecular complexity index is 591. The number of hydrogen-bond acceptors (Lipinski definition) is 3. The minimum Gasteiger partial charge on any atom is -0.312 e. The third-order valence-corrected chi connectivity index (χ3v) is 4.81. The predicted octanol–water partition coefficient (Wildman–Crippen LogP) is 2.42. The fourth-order valence-electron chi connectivity index (χ4n) is 3.80. The van der Waals surface area contributed by atoms with Crippen LogP contribution < -0.4 is 5.32 Å². The van der Waals surface area contributed by atoms with E-state index in [0.717, 1.165) is 24.0 Å². The summed E-state index contributed by atoms with van der Waals surface area (Å²) in [5.74, 6) is 0.858. The largest absolute Gasteiger partial charge is 0.312 e. The monoisotopic (exact) mass is 267 g/mol. The second-order valence-corrected chi connectivity index (χ2v) is 6.14. The van der Waals surface area contributed by atoms with Gasteiger partial charge in [0.15, 0.2) is 0 Å². The number of hydrogen-bond donors (Lipinski definition) is 1. The van der Waals surface area contributed by atoms with Crippen molar-refractivity contribution in [2.45, 2.75) is 25.4 Å². The molecule has 0 spiro atoms. The molecule has 2 aliphatic rings. The van der Waals surface area contributed by atoms with Crippen LogP contribution in [0.4, 0.5) is 0 Å². The van der Waals surface area contributed by atoms with E-state index in [0.29, 0.717) is 0 Å². The van der Waals surface area contributed by atoms with Gasteiger partial charge in [0, 0.05) is 37.3 Å². The summed E-state index contributed by atoms with van der Waals surface area (Å²) >= 11 is 0. The summed E-state index contributed by atoms with van der Waals surface area (Å²) in [6.45, 7) is 4.69. The van der Waals surface area contributed by atoms with E-state index >= 15 is 0 Å². The summed E-state index contributed by atoms with van der Waals surface area (Å²) in [6, 6.07) is 11.4. The molecule has 0 amide bonds. The molecule has 0 unspecified atom stereocenters. The molecule has 0 bridgehead atoms. The molecule has 3 heteroatoms. The van der Waals surface area contributed by atoms with Crippen LogP contribution in [0.2, 0.25) is 0 Å². The summed E-state index contributed by atoms with van der Waals surface area (Å²) in [5, 5.41) is 4.98. The van der Waals surface area contributed by atoms with Gasteiger partial charge >= 0.3 is 0 Å². The summed E-state index contributed by atoms with van der Waals surface area (Å²) in [5.41, 5.74) is 2.52. The number of aromatic nitrogens is 1. The zero-order valence-electron chi connectivity index (χ0n) is 11.8. The first-order valence-corrected chi connectivity index (χ1v) is 7.68. The molecule has 104 valence electrons. The van der Waals surface area contributed by atoms with Crippen LogP contribution in [0, 0.1) is 5.92 Å². The van der Waals surface area contributed by atoms with Crippen molar-refractivity contribution in [3.8, 4) is 0 Å². The lowest BCUT2D eigenvalue weighted by Crippen LogP contribution is -2.40. The summed E-state index contributed by atoms with van der Waals surface area (Å²) in [4.78, 5) is 7.06. The number of benzene rings is 1. The molecule has 2 atom stereocenters. The maximum atomic E-state index is 4.46. The van der Waals surface area contributed by atoms with Crippen molar-refractivity contribution >= 4 is 10.9 Å². The number of nitrogens with zero attached hydrogens (tertiary/aromatic N) is 2. The maximum absolute atomic E-state index is 4.46. The number of fused-ring (bicyclic) bond motifs is 2. The van der Waals surface area contributed by atoms with Gasteiger partial charge in [0.05, 0.1) is 5.52 Å². The van der Waals surface area contributed by atoms with Crippen molar-refractivity contribution in [3.05, 3.63) is 42.1 Å². The number of pyridine rings is 1. The van der Waals surface area contributed by atoms with Crippen LogP contribution in [-0.4, -0.2) is 35.6 Å². The molecular weight excluding hydrogens is 246 g/mol. The molecule has 1 aromatic carbocycles. The van der Waals surface area contributed by atoms with Gasteiger partial charge in [0.2, 0.25) is 0 Å². The van der Waals surface area contributed by atoms with E-state index in [9.17, 15) is 0 Å². The van der Waals surface area contributed by atoms with Crippen molar-refractivity contribution in [3.63, 3.8) is 0 Å². The third kappa shape index (κ3) is 2.21. The lowest BCUT2D eigenvalue weighted by Gasteiger charge is -2.24. The van der Waals surface area contributed by atoms with E-state index < -0.39 is 0 Å². The average Bonchev–Trinajstić information content (AvgIpc) is 2.90. The van der Waals surface area contributed by atoms with E-state index in [1.807, 2.05) is 6.20 Å². The van der Waals surface area contributed by atoms with Crippen LogP contribution in [0.1, 0.15) is 18.4 Å². The molecular formula is C17H21N3. The Morgan fingerprint density at radius 3 is 3.10 bits per heavy atom. The van der Waals surface area contributed by atoms with Crippen molar-refractivity contribution in [1.82, 2.24) is 15.2 Å². The number of nitrogens with one attached hydrogen (secondary N) is 1. The molecule has 20 heavy (non-hydrogen) atoms. The van der Waals surface area contributed by atoms with Gasteiger partial charge in [-0.25, -0.2) is 0 Å². The average molecular weight is 267 g/mol. The number of para-hydroxylation sites is 1. The number of rotatable bonds is 2. The second-order valence-electron chi connectivity index (χ2n) is 6.14. The summed E-state index contributed by atoms with van der Waals surface area (Å²) in [6.07, 6.45) is 4.68. The predicted molar refractivity (Wildman–Crippen MR) is 81.5 cm³/mol. The third-order valence-electron chi connectivity index (χ3n) is 4.81. The second kappa shape index (κ2) is 5.15. The molecule has 0 aliphatic carbocycles. The van der Waals surface area contributed by atoms with Gasteiger partial charge in [-0.15, -0.1) is 0 Å². The molecule has 1 aromatic heterocycles. The highest BCUT2D eigenvalue weighted by molar-refractivity contribution is 5.81. The van der Waals surface area contributed by atoms with Crippen LogP contribution >= 0.6 is 0 Å². The van der Waals surface area contributed by atoms with Gasteiger partial charge in [0.1, 0.15) is 0 Å². The van der Waals surface area contributed by atoms with E-state index in [-0.39, 0.29) is 0 Å². The Hall–Kier alpha value is -1.45. The molecule has 0 radical (unpaired) electrons. The highest BCUT2D eigenvalue weighted by Crippen LogP contribution is 2.27. The SMILES string of the molecule is c1ccc2c(CN3C[C@@H]4CCCN[C@@H]4C3)ccnc2c1. The van der Waals surface area contributed by atoms with Crippen LogP contribution in [0.5, 0.6) is 0 Å². The first kappa shape index (κ1) is 12.3. The van der Waals surface area contributed by atoms with E-state index in [4.69, 9.17) is 0 Å². The fourth-order valence-corrected chi connectivity index (χ4v) is 3.80. The molecule has 0 saturated carbocycles. The molecule has 2 fully saturated rings. The summed E-state index contributed by atoms with van der Waals surface area (Å²) < 4.78 is 0. The molecule has 4 rings (SSSR count). The van der Waals surface area contributed by atoms with Gasteiger partial charge in [-0.1, -0.05) is 18.2 Å². The van der Waals surface area contributed by atoms with Crippen molar-refractivity contribution in [2.75, 3.05) is 19.6 Å². The van der Waals surface area contributed by atoms with Gasteiger partial charge < -0.3 is 5.32 Å². The molecule has 3 heterocycles. The van der Waals surface area contributed by atoms with Crippen molar-refractivity contribution in [1.29, 1.82) is 0 Å². The quantitative estimate of drug-likeness (QED) is 0.905. The molecule has 2 aliphatic heterocycles. The van der Waals surface area contributed by atoms with Gasteiger partial charge in [-0.2, -0.15) is 0 Å². The van der Waals surface area contributed by atoms with Crippen molar-refractivity contribution in [2.24, 2.45) is 5.92 Å². The fraction of sp³-hybridized carbons (Fsp3) is 0.471. The normalized spacial score (nSPS) is 26.8. The minimum atomic E-state index is 0.719. The van der Waals surface area contributed by atoms with Crippen LogP contribution in [0.3, 0.4) is 0 Å². The summed E-state index contributed by atoms with van der Waals surface area (Å²) in [7, 11) is 0. The molecule has 2 aromatic rings. The zero-order valence-corrected chi connectivity index (χ0v) is 11.8. The Morgan fingerprint density at radius 1 is 1.20 bits per heavy atom. The lowest BCUT2D eigenvalue weighted by atomic mass is 9.94. The number of piperidine rings is 1. The minimum absolute atomic E-state index is 0.719. The topological polar surface area (TPSA) is 28.2 Å². The lowest BCUT2D eigenvalue weighted by molar-refractivity contribution is 0.313. The zero-order chi connectivity index (χ0) is 13.4. The van der Waals surface area contributed by atoms with Gasteiger partial charge in [-0.05, 0) is 43.0 Å². The Balaban J connectivity index is 1.56. The first-order valence-electron chi connectivity index (χ1n) is 7.68.